The van der Waals surface area contributed by atoms with Gasteiger partial charge in [-0.05, 0) is 29.8 Å². The Kier molecular flexibility index (Phi) is 4.78. The van der Waals surface area contributed by atoms with E-state index in [-0.39, 0.29) is 12.5 Å². The van der Waals surface area contributed by atoms with Crippen LogP contribution in [0.2, 0.25) is 0 Å². The van der Waals surface area contributed by atoms with Gasteiger partial charge in [0.05, 0.1) is 6.20 Å². The van der Waals surface area contributed by atoms with E-state index in [0.29, 0.717) is 23.8 Å². The van der Waals surface area contributed by atoms with Gasteiger partial charge in [0.1, 0.15) is 11.3 Å². The van der Waals surface area contributed by atoms with Crippen LogP contribution in [0.5, 0.6) is 5.75 Å². The second-order valence-corrected chi connectivity index (χ2v) is 5.94. The van der Waals surface area contributed by atoms with E-state index >= 15 is 0 Å². The van der Waals surface area contributed by atoms with E-state index in [2.05, 4.69) is 15.3 Å². The average Bonchev–Trinajstić information content (AvgIpc) is 3.16. The highest BCUT2D eigenvalue weighted by Gasteiger charge is 2.08. The van der Waals surface area contributed by atoms with Crippen molar-refractivity contribution in [3.05, 3.63) is 78.6 Å². The first-order chi connectivity index (χ1) is 13.3. The molecule has 0 aliphatic heterocycles. The molecule has 0 radical (unpaired) electrons. The quantitative estimate of drug-likeness (QED) is 0.569. The lowest BCUT2D eigenvalue weighted by atomic mass is 10.1. The fourth-order valence-electron chi connectivity index (χ4n) is 2.59. The lowest BCUT2D eigenvalue weighted by molar-refractivity contribution is -0.123. The molecule has 27 heavy (non-hydrogen) atoms. The van der Waals surface area contributed by atoms with Crippen molar-refractivity contribution in [2.75, 3.05) is 6.61 Å². The minimum atomic E-state index is -0.172. The summed E-state index contributed by atoms with van der Waals surface area (Å²) in [6.07, 6.45) is 3.34. The van der Waals surface area contributed by atoms with Crippen LogP contribution in [-0.2, 0) is 11.3 Å². The molecule has 0 aliphatic rings. The van der Waals surface area contributed by atoms with E-state index in [1.807, 2.05) is 54.6 Å². The van der Waals surface area contributed by atoms with E-state index in [4.69, 9.17) is 9.15 Å². The Morgan fingerprint density at radius 2 is 1.85 bits per heavy atom. The molecular weight excluding hydrogens is 342 g/mol. The van der Waals surface area contributed by atoms with Crippen LogP contribution < -0.4 is 10.1 Å². The van der Waals surface area contributed by atoms with Crippen LogP contribution in [0, 0.1) is 0 Å². The number of carbonyl (C=O) groups excluding carboxylic acids is 1. The number of ether oxygens (including phenoxy) is 1. The zero-order chi connectivity index (χ0) is 18.5. The number of fused-ring (bicyclic) bond motifs is 1. The fourth-order valence-corrected chi connectivity index (χ4v) is 2.59. The molecule has 0 fully saturated rings. The Morgan fingerprint density at radius 3 is 2.63 bits per heavy atom. The summed E-state index contributed by atoms with van der Waals surface area (Å²) in [5, 5.41) is 2.84. The molecule has 1 N–H and O–H groups in total. The average molecular weight is 359 g/mol. The number of aromatic nitrogens is 2. The molecule has 1 amide bonds. The van der Waals surface area contributed by atoms with Gasteiger partial charge in [-0.25, -0.2) is 4.98 Å². The third-order valence-electron chi connectivity index (χ3n) is 3.99. The van der Waals surface area contributed by atoms with Gasteiger partial charge in [0, 0.05) is 24.4 Å². The highest BCUT2D eigenvalue weighted by atomic mass is 16.5. The zero-order valence-corrected chi connectivity index (χ0v) is 14.5. The van der Waals surface area contributed by atoms with E-state index < -0.39 is 0 Å². The van der Waals surface area contributed by atoms with Crippen molar-refractivity contribution in [1.82, 2.24) is 15.3 Å². The Labute approximate surface area is 155 Å². The van der Waals surface area contributed by atoms with Crippen LogP contribution in [-0.4, -0.2) is 22.5 Å². The topological polar surface area (TPSA) is 77.2 Å². The smallest absolute Gasteiger partial charge is 0.258 e. The highest BCUT2D eigenvalue weighted by Crippen LogP contribution is 2.23. The zero-order valence-electron chi connectivity index (χ0n) is 14.5. The first-order valence-electron chi connectivity index (χ1n) is 8.52. The van der Waals surface area contributed by atoms with E-state index in [1.165, 1.54) is 0 Å². The van der Waals surface area contributed by atoms with Gasteiger partial charge in [-0.1, -0.05) is 30.3 Å². The number of amides is 1. The third kappa shape index (κ3) is 4.12. The molecule has 2 heterocycles. The van der Waals surface area contributed by atoms with Crippen molar-refractivity contribution >= 4 is 17.0 Å². The Balaban J connectivity index is 1.33. The molecule has 2 aromatic heterocycles. The standard InChI is InChI=1S/C21H17N3O3/c25-20(14-26-17-4-2-1-3-5-17)23-12-15-6-8-16(9-7-15)21-24-18-13-22-11-10-19(18)27-21/h1-11,13H,12,14H2,(H,23,25). The van der Waals surface area contributed by atoms with E-state index in [0.717, 1.165) is 16.6 Å². The molecule has 0 aliphatic carbocycles. The lowest BCUT2D eigenvalue weighted by Crippen LogP contribution is -2.28. The molecule has 0 spiro atoms. The van der Waals surface area contributed by atoms with Crippen molar-refractivity contribution in [2.24, 2.45) is 0 Å². The lowest BCUT2D eigenvalue weighted by Gasteiger charge is -2.07. The minimum Gasteiger partial charge on any atom is -0.484 e. The summed E-state index contributed by atoms with van der Waals surface area (Å²) < 4.78 is 11.2. The molecule has 4 aromatic rings. The first kappa shape index (κ1) is 16.8. The number of hydrogen-bond acceptors (Lipinski definition) is 5. The molecule has 0 atom stereocenters. The maximum Gasteiger partial charge on any atom is 0.258 e. The number of nitrogens with zero attached hydrogens (tertiary/aromatic N) is 2. The summed E-state index contributed by atoms with van der Waals surface area (Å²) in [5.41, 5.74) is 3.27. The Hall–Kier alpha value is -3.67. The van der Waals surface area contributed by atoms with Crippen LogP contribution in [0.25, 0.3) is 22.6 Å². The predicted octanol–water partition coefficient (Wildman–Crippen LogP) is 3.59. The summed E-state index contributed by atoms with van der Waals surface area (Å²) in [7, 11) is 0. The molecule has 0 saturated carbocycles. The number of nitrogens with one attached hydrogen (secondary N) is 1. The normalized spacial score (nSPS) is 10.7. The summed E-state index contributed by atoms with van der Waals surface area (Å²) in [6, 6.07) is 18.7. The fraction of sp³-hybridized carbons (Fsp3) is 0.0952. The highest BCUT2D eigenvalue weighted by molar-refractivity contribution is 5.77. The van der Waals surface area contributed by atoms with Crippen molar-refractivity contribution in [3.8, 4) is 17.2 Å². The Bertz CT molecular complexity index is 1010. The number of carbonyl (C=O) groups is 1. The van der Waals surface area contributed by atoms with Gasteiger partial charge in [0.25, 0.3) is 5.91 Å². The van der Waals surface area contributed by atoms with Gasteiger partial charge in [0.2, 0.25) is 5.89 Å². The Morgan fingerprint density at radius 1 is 1.04 bits per heavy atom. The van der Waals surface area contributed by atoms with Gasteiger partial charge >= 0.3 is 0 Å². The van der Waals surface area contributed by atoms with Crippen molar-refractivity contribution in [3.63, 3.8) is 0 Å². The van der Waals surface area contributed by atoms with Gasteiger partial charge < -0.3 is 14.5 Å². The number of benzene rings is 2. The van der Waals surface area contributed by atoms with Gasteiger partial charge in [-0.2, -0.15) is 0 Å². The number of rotatable bonds is 6. The van der Waals surface area contributed by atoms with Crippen molar-refractivity contribution < 1.29 is 13.9 Å². The minimum absolute atomic E-state index is 0.0148. The third-order valence-corrected chi connectivity index (χ3v) is 3.99. The summed E-state index contributed by atoms with van der Waals surface area (Å²) in [4.78, 5) is 20.4. The molecule has 6 heteroatoms. The monoisotopic (exact) mass is 359 g/mol. The van der Waals surface area contributed by atoms with Gasteiger partial charge in [-0.15, -0.1) is 0 Å². The molecule has 0 bridgehead atoms. The first-order valence-corrected chi connectivity index (χ1v) is 8.52. The molecule has 134 valence electrons. The summed E-state index contributed by atoms with van der Waals surface area (Å²) >= 11 is 0. The maximum atomic E-state index is 11.9. The molecule has 2 aromatic carbocycles. The van der Waals surface area contributed by atoms with E-state index in [9.17, 15) is 4.79 Å². The second kappa shape index (κ2) is 7.70. The van der Waals surface area contributed by atoms with Gasteiger partial charge in [-0.3, -0.25) is 9.78 Å². The number of oxazole rings is 1. The second-order valence-electron chi connectivity index (χ2n) is 5.94. The van der Waals surface area contributed by atoms with Crippen LogP contribution in [0.4, 0.5) is 0 Å². The predicted molar refractivity (Wildman–Crippen MR) is 101 cm³/mol. The molecule has 6 nitrogen and oxygen atoms in total. The SMILES string of the molecule is O=C(COc1ccccc1)NCc1ccc(-c2nc3cnccc3o2)cc1. The van der Waals surface area contributed by atoms with Crippen LogP contribution >= 0.6 is 0 Å². The van der Waals surface area contributed by atoms with Crippen LogP contribution in [0.3, 0.4) is 0 Å². The maximum absolute atomic E-state index is 11.9. The number of para-hydroxylation sites is 1. The molecular formula is C21H17N3O3. The number of pyridine rings is 1. The van der Waals surface area contributed by atoms with Crippen molar-refractivity contribution in [1.29, 1.82) is 0 Å². The summed E-state index contributed by atoms with van der Waals surface area (Å²) in [6.45, 7) is 0.410. The molecule has 0 saturated heterocycles. The largest absolute Gasteiger partial charge is 0.484 e. The molecule has 0 unspecified atom stereocenters. The molecule has 4 rings (SSSR count). The van der Waals surface area contributed by atoms with E-state index in [1.54, 1.807) is 18.5 Å². The van der Waals surface area contributed by atoms with Gasteiger partial charge in [0.15, 0.2) is 12.2 Å². The number of hydrogen-bond donors (Lipinski definition) is 1. The van der Waals surface area contributed by atoms with Crippen molar-refractivity contribution in [2.45, 2.75) is 6.54 Å². The van der Waals surface area contributed by atoms with Crippen LogP contribution in [0.1, 0.15) is 5.56 Å². The summed E-state index contributed by atoms with van der Waals surface area (Å²) in [5.74, 6) is 1.05. The van der Waals surface area contributed by atoms with Crippen LogP contribution in [0.15, 0.2) is 77.5 Å².